The van der Waals surface area contributed by atoms with Crippen molar-refractivity contribution in [3.63, 3.8) is 0 Å². The monoisotopic (exact) mass is 241 g/mol. The summed E-state index contributed by atoms with van der Waals surface area (Å²) in [5, 5.41) is 7.89. The Bertz CT molecular complexity index is 378. The van der Waals surface area contributed by atoms with Crippen LogP contribution in [0.2, 0.25) is 0 Å². The molecule has 0 spiro atoms. The summed E-state index contributed by atoms with van der Waals surface area (Å²) >= 11 is 0. The van der Waals surface area contributed by atoms with Crippen molar-refractivity contribution in [1.82, 2.24) is 0 Å². The van der Waals surface area contributed by atoms with E-state index in [0.29, 0.717) is 7.69 Å². The van der Waals surface area contributed by atoms with Crippen LogP contribution in [0.1, 0.15) is 13.8 Å². The largest absolute Gasteiger partial charge is 0.485 e. The lowest BCUT2D eigenvalue weighted by atomic mass is 10.1. The van der Waals surface area contributed by atoms with Gasteiger partial charge in [-0.1, -0.05) is 60.7 Å². The lowest BCUT2D eigenvalue weighted by Crippen LogP contribution is -2.05. The molecule has 0 saturated carbocycles. The Morgan fingerprint density at radius 2 is 1.22 bits per heavy atom. The zero-order valence-electron chi connectivity index (χ0n) is 10.8. The molecule has 2 nitrogen and oxygen atoms in total. The molecule has 0 fully saturated rings. The normalized spacial score (nSPS) is 9.56. The van der Waals surface area contributed by atoms with Crippen LogP contribution in [0.3, 0.4) is 0 Å². The quantitative estimate of drug-likeness (QED) is 0.835. The molecule has 0 aliphatic carbocycles. The molecule has 0 aliphatic heterocycles. The smallest absolute Gasteiger partial charge is 0.429 e. The summed E-state index contributed by atoms with van der Waals surface area (Å²) in [4.78, 5) is 0. The molecular weight excluding hydrogens is 223 g/mol. The topological polar surface area (TPSA) is 29.5 Å². The predicted octanol–water partition coefficient (Wildman–Crippen LogP) is 3.29. The summed E-state index contributed by atoms with van der Waals surface area (Å²) in [7, 11) is 0.699. The van der Waals surface area contributed by atoms with Crippen LogP contribution in [0.15, 0.2) is 60.7 Å². The Morgan fingerprint density at radius 3 is 1.44 bits per heavy atom. The van der Waals surface area contributed by atoms with Crippen LogP contribution in [0.4, 0.5) is 0 Å². The summed E-state index contributed by atoms with van der Waals surface area (Å²) in [6.45, 7) is 3.68. The Hall–Kier alpha value is -1.58. The van der Waals surface area contributed by atoms with Crippen molar-refractivity contribution in [3.8, 4) is 11.1 Å². The third-order valence-electron chi connectivity index (χ3n) is 2.21. The van der Waals surface area contributed by atoms with E-state index < -0.39 is 0 Å². The average molecular weight is 241 g/mol. The zero-order chi connectivity index (χ0) is 13.2. The van der Waals surface area contributed by atoms with E-state index in [1.165, 1.54) is 11.1 Å². The van der Waals surface area contributed by atoms with Crippen molar-refractivity contribution in [2.45, 2.75) is 20.0 Å². The van der Waals surface area contributed by atoms with E-state index >= 15 is 0 Å². The fourth-order valence-corrected chi connectivity index (χ4v) is 1.38. The molecule has 0 heterocycles. The van der Waals surface area contributed by atoms with Gasteiger partial charge in [-0.2, -0.15) is 0 Å². The fraction of sp³-hybridized carbons (Fsp3) is 0.200. The zero-order valence-corrected chi connectivity index (χ0v) is 10.8. The van der Waals surface area contributed by atoms with Crippen LogP contribution in [-0.2, 0) is 4.65 Å². The standard InChI is InChI=1S/C12H10.C3H8BO2/c1-3-7-11(8-4-1)12-9-5-2-6-10-12;1-3(2)6-4-5/h1-10H;3,5H,1-2H3. The lowest BCUT2D eigenvalue weighted by Gasteiger charge is -1.98. The maximum atomic E-state index is 7.89. The van der Waals surface area contributed by atoms with Crippen molar-refractivity contribution < 1.29 is 9.68 Å². The Morgan fingerprint density at radius 1 is 0.833 bits per heavy atom. The van der Waals surface area contributed by atoms with Crippen molar-refractivity contribution in [2.24, 2.45) is 0 Å². The van der Waals surface area contributed by atoms with Crippen LogP contribution in [0.25, 0.3) is 11.1 Å². The molecule has 18 heavy (non-hydrogen) atoms. The van der Waals surface area contributed by atoms with Gasteiger partial charge >= 0.3 is 7.69 Å². The molecule has 0 aromatic heterocycles. The van der Waals surface area contributed by atoms with Crippen LogP contribution in [-0.4, -0.2) is 18.8 Å². The first-order valence-electron chi connectivity index (χ1n) is 5.96. The fourth-order valence-electron chi connectivity index (χ4n) is 1.38. The van der Waals surface area contributed by atoms with E-state index in [1.54, 1.807) is 0 Å². The van der Waals surface area contributed by atoms with Crippen LogP contribution < -0.4 is 0 Å². The molecule has 2 rings (SSSR count). The minimum absolute atomic E-state index is 0.0926. The minimum atomic E-state index is 0.0926. The van der Waals surface area contributed by atoms with Gasteiger partial charge in [-0.05, 0) is 25.0 Å². The second kappa shape index (κ2) is 8.51. The molecule has 93 valence electrons. The van der Waals surface area contributed by atoms with E-state index in [-0.39, 0.29) is 6.10 Å². The highest BCUT2D eigenvalue weighted by Crippen LogP contribution is 2.17. The van der Waals surface area contributed by atoms with Gasteiger partial charge in [-0.3, -0.25) is 0 Å². The van der Waals surface area contributed by atoms with Crippen molar-refractivity contribution in [3.05, 3.63) is 60.7 Å². The third-order valence-corrected chi connectivity index (χ3v) is 2.21. The van der Waals surface area contributed by atoms with Crippen LogP contribution >= 0.6 is 0 Å². The number of hydrogen-bond donors (Lipinski definition) is 1. The summed E-state index contributed by atoms with van der Waals surface area (Å²) in [5.74, 6) is 0. The lowest BCUT2D eigenvalue weighted by molar-refractivity contribution is 0.219. The Balaban J connectivity index is 0.000000232. The first-order chi connectivity index (χ1) is 8.74. The average Bonchev–Trinajstić information content (AvgIpc) is 2.41. The first-order valence-corrected chi connectivity index (χ1v) is 5.96. The van der Waals surface area contributed by atoms with Crippen molar-refractivity contribution >= 4 is 7.69 Å². The summed E-state index contributed by atoms with van der Waals surface area (Å²) < 4.78 is 4.47. The molecule has 0 saturated heterocycles. The second-order valence-corrected chi connectivity index (χ2v) is 4.02. The summed E-state index contributed by atoms with van der Waals surface area (Å²) in [5.41, 5.74) is 2.55. The van der Waals surface area contributed by atoms with E-state index in [4.69, 9.17) is 5.02 Å². The van der Waals surface area contributed by atoms with E-state index in [2.05, 4.69) is 53.2 Å². The Labute approximate surface area is 110 Å². The molecule has 0 amide bonds. The molecule has 1 N–H and O–H groups in total. The molecule has 0 aliphatic rings. The highest BCUT2D eigenvalue weighted by molar-refractivity contribution is 6.15. The number of benzene rings is 2. The summed E-state index contributed by atoms with van der Waals surface area (Å²) in [6.07, 6.45) is 0.0926. The second-order valence-electron chi connectivity index (χ2n) is 4.02. The molecule has 0 bridgehead atoms. The van der Waals surface area contributed by atoms with Gasteiger partial charge in [0.2, 0.25) is 0 Å². The number of rotatable bonds is 3. The molecule has 3 heteroatoms. The highest BCUT2D eigenvalue weighted by Gasteiger charge is 1.91. The van der Waals surface area contributed by atoms with E-state index in [0.717, 1.165) is 0 Å². The van der Waals surface area contributed by atoms with Gasteiger partial charge in [-0.25, -0.2) is 0 Å². The van der Waals surface area contributed by atoms with E-state index in [9.17, 15) is 0 Å². The third kappa shape index (κ3) is 5.66. The predicted molar refractivity (Wildman–Crippen MR) is 76.1 cm³/mol. The molecule has 2 aromatic rings. The maximum Gasteiger partial charge on any atom is 0.485 e. The molecule has 2 aromatic carbocycles. The molecular formula is C15H18BO2. The van der Waals surface area contributed by atoms with Crippen molar-refractivity contribution in [2.75, 3.05) is 0 Å². The first kappa shape index (κ1) is 14.5. The maximum absolute atomic E-state index is 7.89. The minimum Gasteiger partial charge on any atom is -0.429 e. The molecule has 1 radical (unpaired) electrons. The summed E-state index contributed by atoms with van der Waals surface area (Å²) in [6, 6.07) is 20.8. The Kier molecular flexibility index (Phi) is 6.85. The van der Waals surface area contributed by atoms with Gasteiger partial charge in [0.25, 0.3) is 0 Å². The van der Waals surface area contributed by atoms with Gasteiger partial charge in [0.15, 0.2) is 0 Å². The SMILES string of the molecule is CC(C)O[B]O.c1ccc(-c2ccccc2)cc1. The van der Waals surface area contributed by atoms with E-state index in [1.807, 2.05) is 26.0 Å². The van der Waals surface area contributed by atoms with Crippen LogP contribution in [0.5, 0.6) is 0 Å². The van der Waals surface area contributed by atoms with Gasteiger partial charge in [0.1, 0.15) is 0 Å². The molecule has 0 atom stereocenters. The van der Waals surface area contributed by atoms with Gasteiger partial charge in [0, 0.05) is 6.10 Å². The highest BCUT2D eigenvalue weighted by atomic mass is 16.5. The number of hydrogen-bond acceptors (Lipinski definition) is 2. The van der Waals surface area contributed by atoms with Crippen molar-refractivity contribution in [1.29, 1.82) is 0 Å². The van der Waals surface area contributed by atoms with Crippen LogP contribution in [0, 0.1) is 0 Å². The van der Waals surface area contributed by atoms with Gasteiger partial charge in [0.05, 0.1) is 0 Å². The van der Waals surface area contributed by atoms with Gasteiger partial charge < -0.3 is 9.68 Å². The van der Waals surface area contributed by atoms with Gasteiger partial charge in [-0.15, -0.1) is 0 Å². The molecule has 0 unspecified atom stereocenters.